The van der Waals surface area contributed by atoms with E-state index in [9.17, 15) is 42.6 Å². The Labute approximate surface area is 189 Å². The maximum atomic E-state index is 14.7. The molecule has 6 atom stereocenters. The highest BCUT2D eigenvalue weighted by Crippen LogP contribution is 2.51. The van der Waals surface area contributed by atoms with Crippen LogP contribution in [0.3, 0.4) is 0 Å². The molecule has 0 radical (unpaired) electrons. The molecule has 186 valence electrons. The van der Waals surface area contributed by atoms with E-state index in [1.807, 2.05) is 0 Å². The Morgan fingerprint density at radius 3 is 2.41 bits per heavy atom. The highest BCUT2D eigenvalue weighted by Gasteiger charge is 2.46. The Morgan fingerprint density at radius 1 is 1.15 bits per heavy atom. The van der Waals surface area contributed by atoms with E-state index >= 15 is 0 Å². The molecule has 0 bridgehead atoms. The van der Waals surface area contributed by atoms with Gasteiger partial charge in [-0.3, -0.25) is 23.3 Å². The van der Waals surface area contributed by atoms with Crippen molar-refractivity contribution in [2.24, 2.45) is 0 Å². The lowest BCUT2D eigenvalue weighted by atomic mass is 10.1. The van der Waals surface area contributed by atoms with Gasteiger partial charge in [-0.1, -0.05) is 30.3 Å². The summed E-state index contributed by atoms with van der Waals surface area (Å²) in [6.07, 6.45) is -6.02. The molecule has 1 aromatic heterocycles. The zero-order valence-electron chi connectivity index (χ0n) is 17.0. The quantitative estimate of drug-likeness (QED) is 0.327. The average molecular weight is 527 g/mol. The zero-order valence-corrected chi connectivity index (χ0v) is 18.7. The van der Waals surface area contributed by atoms with Crippen molar-refractivity contribution in [2.45, 2.75) is 37.0 Å². The molecule has 0 amide bonds. The molecular formula is C17H19F2N2O11P2+. The minimum Gasteiger partial charge on any atom is -0.387 e. The number of ether oxygens (including phenoxy) is 1. The number of hydrogen-bond acceptors (Lipinski definition) is 9. The van der Waals surface area contributed by atoms with Gasteiger partial charge in [-0.2, -0.15) is 8.78 Å². The van der Waals surface area contributed by atoms with Crippen LogP contribution in [-0.2, 0) is 35.2 Å². The first-order valence-electron chi connectivity index (χ1n) is 9.42. The molecule has 0 aliphatic carbocycles. The Hall–Kier alpha value is -2.19. The molecule has 4 N–H and O–H groups in total. The topological polar surface area (TPSA) is 187 Å². The van der Waals surface area contributed by atoms with Crippen LogP contribution in [0, 0.1) is 0 Å². The summed E-state index contributed by atoms with van der Waals surface area (Å²) in [4.78, 5) is 42.8. The van der Waals surface area contributed by atoms with Crippen molar-refractivity contribution < 1.29 is 51.5 Å². The van der Waals surface area contributed by atoms with Crippen molar-refractivity contribution in [3.05, 3.63) is 69.0 Å². The summed E-state index contributed by atoms with van der Waals surface area (Å²) >= 11 is 0. The molecule has 1 aliphatic rings. The SMILES string of the molecule is O=c1ccn(C2OC(COP(=O)(O)O[P+](=O)O)[C@H](O)C2O)c(=O)n1CC(F)(F)c1ccccc1. The number of rotatable bonds is 9. The number of nitrogens with zero attached hydrogens (tertiary/aromatic N) is 2. The number of alkyl halides is 2. The highest BCUT2D eigenvalue weighted by atomic mass is 31.2. The largest absolute Gasteiger partial charge is 0.705 e. The predicted octanol–water partition coefficient (Wildman–Crippen LogP) is 0.204. The molecule has 5 unspecified atom stereocenters. The molecule has 34 heavy (non-hydrogen) atoms. The molecule has 1 saturated heterocycles. The highest BCUT2D eigenvalue weighted by molar-refractivity contribution is 7.55. The number of benzene rings is 1. The lowest BCUT2D eigenvalue weighted by Crippen LogP contribution is -2.45. The second kappa shape index (κ2) is 10.2. The zero-order chi connectivity index (χ0) is 25.3. The summed E-state index contributed by atoms with van der Waals surface area (Å²) in [7, 11) is -8.52. The van der Waals surface area contributed by atoms with E-state index in [0.717, 1.165) is 24.4 Å². The van der Waals surface area contributed by atoms with Gasteiger partial charge in [0.1, 0.15) is 18.3 Å². The number of halogens is 2. The standard InChI is InChI=1S/C17H18F2N2O11P2/c18-17(19,10-4-2-1-3-5-10)9-21-12(22)6-7-20(16(21)25)15-14(24)13(23)11(31-15)8-30-34(28,29)32-33(26)27/h1-7,11,13-15,23-24H,8-9H2,(H-,26,27,28,29)/p+1/t11?,13-,14?,15?/m0/s1. The van der Waals surface area contributed by atoms with Crippen molar-refractivity contribution >= 4 is 16.1 Å². The van der Waals surface area contributed by atoms with Gasteiger partial charge in [0.05, 0.1) is 13.2 Å². The number of hydrogen-bond donors (Lipinski definition) is 4. The smallest absolute Gasteiger partial charge is 0.387 e. The first kappa shape index (κ1) is 26.4. The lowest BCUT2D eigenvalue weighted by molar-refractivity contribution is -0.0567. The number of phosphoric ester groups is 1. The molecule has 1 aromatic carbocycles. The monoisotopic (exact) mass is 527 g/mol. The van der Waals surface area contributed by atoms with Gasteiger partial charge in [-0.15, -0.1) is 4.89 Å². The molecule has 0 spiro atoms. The van der Waals surface area contributed by atoms with E-state index < -0.39 is 76.5 Å². The van der Waals surface area contributed by atoms with Crippen molar-refractivity contribution in [3.63, 3.8) is 0 Å². The molecule has 2 aromatic rings. The number of aliphatic hydroxyl groups is 2. The molecule has 1 aliphatic heterocycles. The average Bonchev–Trinajstić information content (AvgIpc) is 3.03. The Bertz CT molecular complexity index is 1210. The van der Waals surface area contributed by atoms with Gasteiger partial charge in [-0.05, 0) is 4.31 Å². The van der Waals surface area contributed by atoms with Crippen LogP contribution in [0.15, 0.2) is 52.2 Å². The predicted molar refractivity (Wildman–Crippen MR) is 108 cm³/mol. The Balaban J connectivity index is 1.83. The minimum absolute atomic E-state index is 0.229. The number of phosphoric acid groups is 1. The first-order chi connectivity index (χ1) is 15.8. The van der Waals surface area contributed by atoms with E-state index in [2.05, 4.69) is 8.83 Å². The third kappa shape index (κ3) is 5.89. The lowest BCUT2D eigenvalue weighted by Gasteiger charge is -2.21. The third-order valence-electron chi connectivity index (χ3n) is 4.83. The van der Waals surface area contributed by atoms with Crippen molar-refractivity contribution in [2.75, 3.05) is 6.61 Å². The van der Waals surface area contributed by atoms with Crippen molar-refractivity contribution in [3.8, 4) is 0 Å². The van der Waals surface area contributed by atoms with Gasteiger partial charge in [-0.25, -0.2) is 9.36 Å². The summed E-state index contributed by atoms with van der Waals surface area (Å²) < 4.78 is 65.7. The van der Waals surface area contributed by atoms with Crippen LogP contribution in [0.4, 0.5) is 8.78 Å². The van der Waals surface area contributed by atoms with Crippen LogP contribution in [0.2, 0.25) is 0 Å². The molecule has 1 fully saturated rings. The fraction of sp³-hybridized carbons (Fsp3) is 0.412. The molecule has 3 rings (SSSR count). The van der Waals surface area contributed by atoms with E-state index in [1.165, 1.54) is 18.2 Å². The molecular weight excluding hydrogens is 508 g/mol. The second-order valence-corrected chi connectivity index (χ2v) is 9.45. The van der Waals surface area contributed by atoms with E-state index in [-0.39, 0.29) is 4.57 Å². The normalized spacial score (nSPS) is 25.2. The Kier molecular flexibility index (Phi) is 7.92. The fourth-order valence-electron chi connectivity index (χ4n) is 3.22. The Morgan fingerprint density at radius 2 is 1.79 bits per heavy atom. The van der Waals surface area contributed by atoms with Gasteiger partial charge in [0.25, 0.3) is 11.5 Å². The maximum absolute atomic E-state index is 14.7. The summed E-state index contributed by atoms with van der Waals surface area (Å²) in [5.74, 6) is -3.61. The van der Waals surface area contributed by atoms with Crippen LogP contribution in [0.25, 0.3) is 0 Å². The minimum atomic E-state index is -5.02. The van der Waals surface area contributed by atoms with Gasteiger partial charge in [0.2, 0.25) is 0 Å². The second-order valence-electron chi connectivity index (χ2n) is 7.13. The van der Waals surface area contributed by atoms with Crippen LogP contribution < -0.4 is 11.2 Å². The van der Waals surface area contributed by atoms with Crippen molar-refractivity contribution in [1.29, 1.82) is 0 Å². The van der Waals surface area contributed by atoms with Crippen LogP contribution in [0.1, 0.15) is 11.8 Å². The van der Waals surface area contributed by atoms with Gasteiger partial charge in [0, 0.05) is 22.4 Å². The van der Waals surface area contributed by atoms with Crippen LogP contribution >= 0.6 is 16.1 Å². The summed E-state index contributed by atoms with van der Waals surface area (Å²) in [6.45, 7) is -2.25. The molecule has 13 nitrogen and oxygen atoms in total. The van der Waals surface area contributed by atoms with Crippen LogP contribution in [0.5, 0.6) is 0 Å². The number of aromatic nitrogens is 2. The molecule has 2 heterocycles. The third-order valence-corrected chi connectivity index (χ3v) is 6.69. The van der Waals surface area contributed by atoms with Crippen molar-refractivity contribution in [1.82, 2.24) is 9.13 Å². The number of aliphatic hydroxyl groups excluding tert-OH is 2. The van der Waals surface area contributed by atoms with Gasteiger partial charge >= 0.3 is 21.8 Å². The van der Waals surface area contributed by atoms with E-state index in [4.69, 9.17) is 9.63 Å². The fourth-order valence-corrected chi connectivity index (χ4v) is 4.45. The van der Waals surface area contributed by atoms with Crippen LogP contribution in [-0.4, -0.2) is 54.1 Å². The maximum Gasteiger partial charge on any atom is 0.705 e. The molecule has 17 heteroatoms. The van der Waals surface area contributed by atoms with E-state index in [1.54, 1.807) is 0 Å². The summed E-state index contributed by atoms with van der Waals surface area (Å²) in [6, 6.07) is 7.24. The first-order valence-corrected chi connectivity index (χ1v) is 12.0. The summed E-state index contributed by atoms with van der Waals surface area (Å²) in [5.41, 5.74) is -2.78. The van der Waals surface area contributed by atoms with Gasteiger partial charge < -0.3 is 14.9 Å². The molecule has 0 saturated carbocycles. The van der Waals surface area contributed by atoms with Gasteiger partial charge in [0.15, 0.2) is 6.23 Å². The summed E-state index contributed by atoms with van der Waals surface area (Å²) in [5, 5.41) is 20.4. The van der Waals surface area contributed by atoms with E-state index in [0.29, 0.717) is 4.57 Å².